The summed E-state index contributed by atoms with van der Waals surface area (Å²) < 4.78 is 15.2. The van der Waals surface area contributed by atoms with E-state index >= 15 is 0 Å². The molecule has 21 heavy (non-hydrogen) atoms. The minimum Gasteiger partial charge on any atom is -0.371 e. The van der Waals surface area contributed by atoms with E-state index in [9.17, 15) is 9.18 Å². The Morgan fingerprint density at radius 3 is 2.86 bits per heavy atom. The SMILES string of the molecule is CCn1cc(NC(C)C(=O)NCc2ccccc2F)cn1. The van der Waals surface area contributed by atoms with Gasteiger partial charge < -0.3 is 10.6 Å². The molecule has 0 bridgehead atoms. The highest BCUT2D eigenvalue weighted by Gasteiger charge is 2.13. The lowest BCUT2D eigenvalue weighted by Crippen LogP contribution is -2.37. The zero-order chi connectivity index (χ0) is 15.2. The second-order valence-corrected chi connectivity index (χ2v) is 4.76. The van der Waals surface area contributed by atoms with Crippen LogP contribution < -0.4 is 10.6 Å². The molecule has 0 fully saturated rings. The van der Waals surface area contributed by atoms with Gasteiger partial charge in [-0.15, -0.1) is 0 Å². The number of benzene rings is 1. The Bertz CT molecular complexity index is 611. The van der Waals surface area contributed by atoms with Gasteiger partial charge in [-0.2, -0.15) is 5.10 Å². The van der Waals surface area contributed by atoms with Crippen LogP contribution in [0.4, 0.5) is 10.1 Å². The first-order chi connectivity index (χ1) is 10.1. The second kappa shape index (κ2) is 6.88. The molecule has 2 rings (SSSR count). The van der Waals surface area contributed by atoms with Gasteiger partial charge in [-0.1, -0.05) is 18.2 Å². The fourth-order valence-corrected chi connectivity index (χ4v) is 1.90. The van der Waals surface area contributed by atoms with E-state index in [1.165, 1.54) is 6.07 Å². The maximum absolute atomic E-state index is 13.5. The summed E-state index contributed by atoms with van der Waals surface area (Å²) in [6.07, 6.45) is 3.50. The quantitative estimate of drug-likeness (QED) is 0.857. The van der Waals surface area contributed by atoms with Crippen LogP contribution >= 0.6 is 0 Å². The van der Waals surface area contributed by atoms with Gasteiger partial charge in [-0.25, -0.2) is 4.39 Å². The average molecular weight is 290 g/mol. The van der Waals surface area contributed by atoms with E-state index in [-0.39, 0.29) is 18.3 Å². The molecule has 0 radical (unpaired) electrons. The summed E-state index contributed by atoms with van der Waals surface area (Å²) in [5, 5.41) is 9.90. The Balaban J connectivity index is 1.86. The van der Waals surface area contributed by atoms with Crippen LogP contribution in [-0.4, -0.2) is 21.7 Å². The zero-order valence-electron chi connectivity index (χ0n) is 12.1. The van der Waals surface area contributed by atoms with Crippen molar-refractivity contribution in [2.24, 2.45) is 0 Å². The summed E-state index contributed by atoms with van der Waals surface area (Å²) in [5.74, 6) is -0.509. The number of hydrogen-bond donors (Lipinski definition) is 2. The monoisotopic (exact) mass is 290 g/mol. The third kappa shape index (κ3) is 4.05. The lowest BCUT2D eigenvalue weighted by molar-refractivity contribution is -0.121. The maximum atomic E-state index is 13.5. The molecule has 5 nitrogen and oxygen atoms in total. The standard InChI is InChI=1S/C15H19FN4O/c1-3-20-10-13(9-18-20)19-11(2)15(21)17-8-12-6-4-5-7-14(12)16/h4-7,9-11,19H,3,8H2,1-2H3,(H,17,21). The van der Waals surface area contributed by atoms with Crippen molar-refractivity contribution in [3.63, 3.8) is 0 Å². The van der Waals surface area contributed by atoms with E-state index in [1.54, 1.807) is 36.0 Å². The highest BCUT2D eigenvalue weighted by atomic mass is 19.1. The molecule has 2 N–H and O–H groups in total. The predicted molar refractivity (Wildman–Crippen MR) is 79.2 cm³/mol. The Morgan fingerprint density at radius 1 is 1.43 bits per heavy atom. The van der Waals surface area contributed by atoms with Crippen LogP contribution in [0.25, 0.3) is 0 Å². The largest absolute Gasteiger partial charge is 0.371 e. The number of halogens is 1. The summed E-state index contributed by atoms with van der Waals surface area (Å²) in [5.41, 5.74) is 1.25. The summed E-state index contributed by atoms with van der Waals surface area (Å²) in [4.78, 5) is 12.0. The van der Waals surface area contributed by atoms with Gasteiger partial charge in [0, 0.05) is 24.8 Å². The number of carbonyl (C=O) groups excluding carboxylic acids is 1. The smallest absolute Gasteiger partial charge is 0.242 e. The molecule has 0 aliphatic carbocycles. The summed E-state index contributed by atoms with van der Waals surface area (Å²) in [7, 11) is 0. The van der Waals surface area contributed by atoms with Crippen molar-refractivity contribution < 1.29 is 9.18 Å². The normalized spacial score (nSPS) is 12.0. The highest BCUT2D eigenvalue weighted by Crippen LogP contribution is 2.08. The molecule has 2 aromatic rings. The fraction of sp³-hybridized carbons (Fsp3) is 0.333. The van der Waals surface area contributed by atoms with Gasteiger partial charge in [-0.3, -0.25) is 9.48 Å². The molecule has 1 aromatic heterocycles. The zero-order valence-corrected chi connectivity index (χ0v) is 12.1. The van der Waals surface area contributed by atoms with Crippen LogP contribution in [-0.2, 0) is 17.9 Å². The van der Waals surface area contributed by atoms with Gasteiger partial charge in [0.1, 0.15) is 11.9 Å². The summed E-state index contributed by atoms with van der Waals surface area (Å²) >= 11 is 0. The molecule has 6 heteroatoms. The number of carbonyl (C=O) groups is 1. The number of anilines is 1. The van der Waals surface area contributed by atoms with Crippen molar-refractivity contribution in [2.45, 2.75) is 33.0 Å². The van der Waals surface area contributed by atoms with Gasteiger partial charge in [0.25, 0.3) is 0 Å². The number of aryl methyl sites for hydroxylation is 1. The van der Waals surface area contributed by atoms with E-state index in [1.807, 2.05) is 13.1 Å². The molecule has 1 unspecified atom stereocenters. The van der Waals surface area contributed by atoms with E-state index in [2.05, 4.69) is 15.7 Å². The van der Waals surface area contributed by atoms with Crippen LogP contribution in [0.2, 0.25) is 0 Å². The molecule has 0 saturated carbocycles. The minimum atomic E-state index is -0.425. The van der Waals surface area contributed by atoms with Gasteiger partial charge in [0.15, 0.2) is 0 Å². The molecule has 1 amide bonds. The number of hydrogen-bond acceptors (Lipinski definition) is 3. The third-order valence-corrected chi connectivity index (χ3v) is 3.14. The number of nitrogens with one attached hydrogen (secondary N) is 2. The highest BCUT2D eigenvalue weighted by molar-refractivity contribution is 5.84. The first kappa shape index (κ1) is 15.0. The molecule has 1 aromatic carbocycles. The molecule has 1 heterocycles. The van der Waals surface area contributed by atoms with Crippen LogP contribution in [0, 0.1) is 5.82 Å². The number of aromatic nitrogens is 2. The third-order valence-electron chi connectivity index (χ3n) is 3.14. The van der Waals surface area contributed by atoms with Crippen LogP contribution in [0.3, 0.4) is 0 Å². The van der Waals surface area contributed by atoms with Gasteiger partial charge >= 0.3 is 0 Å². The molecule has 0 spiro atoms. The lowest BCUT2D eigenvalue weighted by Gasteiger charge is -2.14. The fourth-order valence-electron chi connectivity index (χ4n) is 1.90. The van der Waals surface area contributed by atoms with Crippen molar-refractivity contribution >= 4 is 11.6 Å². The van der Waals surface area contributed by atoms with Crippen LogP contribution in [0.5, 0.6) is 0 Å². The van der Waals surface area contributed by atoms with E-state index in [4.69, 9.17) is 0 Å². The molecule has 0 saturated heterocycles. The van der Waals surface area contributed by atoms with Crippen LogP contribution in [0.1, 0.15) is 19.4 Å². The van der Waals surface area contributed by atoms with E-state index < -0.39 is 6.04 Å². The molecule has 1 atom stereocenters. The van der Waals surface area contributed by atoms with Gasteiger partial charge in [-0.05, 0) is 19.9 Å². The maximum Gasteiger partial charge on any atom is 0.242 e. The topological polar surface area (TPSA) is 59.0 Å². The molecule has 112 valence electrons. The van der Waals surface area contributed by atoms with E-state index in [0.717, 1.165) is 12.2 Å². The molecular weight excluding hydrogens is 271 g/mol. The second-order valence-electron chi connectivity index (χ2n) is 4.76. The lowest BCUT2D eigenvalue weighted by atomic mass is 10.2. The Morgan fingerprint density at radius 2 is 2.19 bits per heavy atom. The minimum absolute atomic E-state index is 0.172. The predicted octanol–water partition coefficient (Wildman–Crippen LogP) is 2.16. The van der Waals surface area contributed by atoms with Crippen molar-refractivity contribution in [3.05, 3.63) is 48.0 Å². The Labute approximate surface area is 123 Å². The average Bonchev–Trinajstić information content (AvgIpc) is 2.93. The molecule has 0 aliphatic rings. The van der Waals surface area contributed by atoms with Crippen LogP contribution in [0.15, 0.2) is 36.7 Å². The summed E-state index contributed by atoms with van der Waals surface area (Å²) in [6, 6.07) is 5.97. The van der Waals surface area contributed by atoms with Gasteiger partial charge in [0.2, 0.25) is 5.91 Å². The summed E-state index contributed by atoms with van der Waals surface area (Å²) in [6.45, 7) is 4.68. The number of amides is 1. The first-order valence-corrected chi connectivity index (χ1v) is 6.90. The number of rotatable bonds is 6. The molecular formula is C15H19FN4O. The van der Waals surface area contributed by atoms with Gasteiger partial charge in [0.05, 0.1) is 11.9 Å². The Kier molecular flexibility index (Phi) is 4.92. The van der Waals surface area contributed by atoms with Crippen molar-refractivity contribution in [1.29, 1.82) is 0 Å². The Hall–Kier alpha value is -2.37. The van der Waals surface area contributed by atoms with E-state index in [0.29, 0.717) is 5.56 Å². The van der Waals surface area contributed by atoms with Crippen molar-refractivity contribution in [3.8, 4) is 0 Å². The van der Waals surface area contributed by atoms with Crippen molar-refractivity contribution in [2.75, 3.05) is 5.32 Å². The first-order valence-electron chi connectivity index (χ1n) is 6.90. The van der Waals surface area contributed by atoms with Crippen molar-refractivity contribution in [1.82, 2.24) is 15.1 Å². The number of nitrogens with zero attached hydrogens (tertiary/aromatic N) is 2. The molecule has 0 aliphatic heterocycles.